The molecule has 0 spiro atoms. The molecule has 120 valence electrons. The molecule has 0 fully saturated rings. The summed E-state index contributed by atoms with van der Waals surface area (Å²) in [5, 5.41) is 6.35. The SMILES string of the molecule is C=Cc1[nH]c2c3[nH]c4ccccc4c3c3ccccc3c2c1/C=C\C. The van der Waals surface area contributed by atoms with Crippen LogP contribution in [0.2, 0.25) is 0 Å². The highest BCUT2D eigenvalue weighted by Gasteiger charge is 2.17. The third-order valence-electron chi connectivity index (χ3n) is 5.03. The Morgan fingerprint density at radius 1 is 0.800 bits per heavy atom. The topological polar surface area (TPSA) is 31.6 Å². The minimum absolute atomic E-state index is 1.06. The zero-order valence-corrected chi connectivity index (χ0v) is 14.1. The summed E-state index contributed by atoms with van der Waals surface area (Å²) < 4.78 is 0. The smallest absolute Gasteiger partial charge is 0.0717 e. The van der Waals surface area contributed by atoms with Crippen LogP contribution in [0.15, 0.2) is 61.2 Å². The molecule has 0 amide bonds. The van der Waals surface area contributed by atoms with Crippen LogP contribution in [-0.2, 0) is 0 Å². The average Bonchev–Trinajstić information content (AvgIpc) is 3.21. The van der Waals surface area contributed by atoms with Crippen molar-refractivity contribution in [3.05, 3.63) is 72.4 Å². The number of nitrogens with one attached hydrogen (secondary N) is 2. The molecule has 0 unspecified atom stereocenters. The number of fused-ring (bicyclic) bond motifs is 8. The van der Waals surface area contributed by atoms with Crippen molar-refractivity contribution < 1.29 is 0 Å². The molecule has 0 aliphatic rings. The van der Waals surface area contributed by atoms with E-state index in [0.717, 1.165) is 22.2 Å². The van der Waals surface area contributed by atoms with Gasteiger partial charge in [0.05, 0.1) is 11.0 Å². The van der Waals surface area contributed by atoms with E-state index in [1.54, 1.807) is 0 Å². The molecule has 5 aromatic rings. The van der Waals surface area contributed by atoms with Crippen LogP contribution in [0.25, 0.3) is 55.6 Å². The highest BCUT2D eigenvalue weighted by atomic mass is 14.8. The number of H-pyrrole nitrogens is 2. The summed E-state index contributed by atoms with van der Waals surface area (Å²) in [6.07, 6.45) is 6.15. The van der Waals surface area contributed by atoms with Gasteiger partial charge in [-0.25, -0.2) is 0 Å². The van der Waals surface area contributed by atoms with Crippen LogP contribution in [-0.4, -0.2) is 9.97 Å². The van der Waals surface area contributed by atoms with Crippen LogP contribution < -0.4 is 0 Å². The van der Waals surface area contributed by atoms with Crippen LogP contribution in [0.3, 0.4) is 0 Å². The van der Waals surface area contributed by atoms with Gasteiger partial charge in [-0.1, -0.05) is 61.2 Å². The molecule has 0 aliphatic carbocycles. The van der Waals surface area contributed by atoms with Gasteiger partial charge >= 0.3 is 0 Å². The molecule has 5 rings (SSSR count). The van der Waals surface area contributed by atoms with Crippen molar-refractivity contribution in [2.45, 2.75) is 6.92 Å². The molecular weight excluding hydrogens is 304 g/mol. The van der Waals surface area contributed by atoms with Crippen molar-refractivity contribution in [2.75, 3.05) is 0 Å². The zero-order valence-electron chi connectivity index (χ0n) is 14.1. The molecule has 0 saturated carbocycles. The maximum Gasteiger partial charge on any atom is 0.0717 e. The summed E-state index contributed by atoms with van der Waals surface area (Å²) in [5.74, 6) is 0. The molecular formula is C23H18N2. The molecule has 2 N–H and O–H groups in total. The molecule has 2 heterocycles. The van der Waals surface area contributed by atoms with Gasteiger partial charge in [0, 0.05) is 32.9 Å². The minimum Gasteiger partial charge on any atom is -0.353 e. The first-order chi connectivity index (χ1) is 12.3. The van der Waals surface area contributed by atoms with Crippen molar-refractivity contribution >= 4 is 55.6 Å². The second-order valence-electron chi connectivity index (χ2n) is 6.37. The van der Waals surface area contributed by atoms with Crippen LogP contribution in [0, 0.1) is 0 Å². The van der Waals surface area contributed by atoms with Gasteiger partial charge < -0.3 is 9.97 Å². The first-order valence-electron chi connectivity index (χ1n) is 8.55. The molecule has 2 aromatic heterocycles. The van der Waals surface area contributed by atoms with E-state index >= 15 is 0 Å². The Bertz CT molecular complexity index is 1310. The van der Waals surface area contributed by atoms with E-state index in [9.17, 15) is 0 Å². The Balaban J connectivity index is 2.18. The van der Waals surface area contributed by atoms with Gasteiger partial charge in [0.2, 0.25) is 0 Å². The lowest BCUT2D eigenvalue weighted by Gasteiger charge is -2.05. The molecule has 0 aliphatic heterocycles. The Labute approximate surface area is 145 Å². The summed E-state index contributed by atoms with van der Waals surface area (Å²) in [6.45, 7) is 6.05. The summed E-state index contributed by atoms with van der Waals surface area (Å²) in [4.78, 5) is 7.22. The number of para-hydroxylation sites is 1. The van der Waals surface area contributed by atoms with Gasteiger partial charge in [-0.2, -0.15) is 0 Å². The van der Waals surface area contributed by atoms with Crippen LogP contribution in [0.1, 0.15) is 18.2 Å². The first-order valence-corrected chi connectivity index (χ1v) is 8.55. The van der Waals surface area contributed by atoms with E-state index in [0.29, 0.717) is 0 Å². The Morgan fingerprint density at radius 3 is 2.16 bits per heavy atom. The van der Waals surface area contributed by atoms with Gasteiger partial charge in [0.1, 0.15) is 0 Å². The number of aromatic nitrogens is 2. The maximum atomic E-state index is 4.00. The Kier molecular flexibility index (Phi) is 2.89. The van der Waals surface area contributed by atoms with Gasteiger partial charge in [-0.05, 0) is 29.8 Å². The highest BCUT2D eigenvalue weighted by Crippen LogP contribution is 2.41. The lowest BCUT2D eigenvalue weighted by Crippen LogP contribution is -1.80. The van der Waals surface area contributed by atoms with E-state index in [-0.39, 0.29) is 0 Å². The molecule has 25 heavy (non-hydrogen) atoms. The first kappa shape index (κ1) is 14.1. The van der Waals surface area contributed by atoms with E-state index in [1.165, 1.54) is 32.5 Å². The largest absolute Gasteiger partial charge is 0.353 e. The normalized spacial score (nSPS) is 12.2. The molecule has 0 atom stereocenters. The fraction of sp³-hybridized carbons (Fsp3) is 0.0435. The third-order valence-corrected chi connectivity index (χ3v) is 5.03. The van der Waals surface area contributed by atoms with E-state index < -0.39 is 0 Å². The molecule has 0 saturated heterocycles. The Morgan fingerprint density at radius 2 is 1.44 bits per heavy atom. The Hall–Kier alpha value is -3.26. The molecule has 0 bridgehead atoms. The summed E-state index contributed by atoms with van der Waals surface area (Å²) in [7, 11) is 0. The van der Waals surface area contributed by atoms with Crippen molar-refractivity contribution in [3.63, 3.8) is 0 Å². The second kappa shape index (κ2) is 5.12. The van der Waals surface area contributed by atoms with Crippen molar-refractivity contribution in [1.29, 1.82) is 0 Å². The van der Waals surface area contributed by atoms with E-state index in [1.807, 2.05) is 6.08 Å². The fourth-order valence-electron chi connectivity index (χ4n) is 4.03. The van der Waals surface area contributed by atoms with E-state index in [4.69, 9.17) is 0 Å². The maximum absolute atomic E-state index is 4.00. The lowest BCUT2D eigenvalue weighted by atomic mass is 9.97. The molecule has 2 nitrogen and oxygen atoms in total. The number of hydrogen-bond donors (Lipinski definition) is 2. The van der Waals surface area contributed by atoms with Gasteiger partial charge in [0.25, 0.3) is 0 Å². The molecule has 0 radical (unpaired) electrons. The van der Waals surface area contributed by atoms with Crippen molar-refractivity contribution in [1.82, 2.24) is 9.97 Å². The van der Waals surface area contributed by atoms with Crippen LogP contribution in [0.4, 0.5) is 0 Å². The fourth-order valence-corrected chi connectivity index (χ4v) is 4.03. The van der Waals surface area contributed by atoms with Gasteiger partial charge in [-0.15, -0.1) is 0 Å². The monoisotopic (exact) mass is 322 g/mol. The number of aromatic amines is 2. The summed E-state index contributed by atoms with van der Waals surface area (Å²) in [6, 6.07) is 17.2. The second-order valence-corrected chi connectivity index (χ2v) is 6.37. The number of benzene rings is 3. The van der Waals surface area contributed by atoms with Crippen LogP contribution in [0.5, 0.6) is 0 Å². The van der Waals surface area contributed by atoms with Gasteiger partial charge in [0.15, 0.2) is 0 Å². The quantitative estimate of drug-likeness (QED) is 0.365. The van der Waals surface area contributed by atoms with Crippen LogP contribution >= 0.6 is 0 Å². The third kappa shape index (κ3) is 1.79. The molecule has 3 aromatic carbocycles. The number of allylic oxidation sites excluding steroid dienone is 1. The standard InChI is InChI=1S/C23H18N2/c1-3-9-16-18(4-2)24-22-20(16)14-10-5-6-11-15(14)21-17-12-7-8-13-19(17)25-23(21)22/h3-13,24-25H,2H2,1H3/b9-3-. The lowest BCUT2D eigenvalue weighted by molar-refractivity contribution is 1.42. The predicted octanol–water partition coefficient (Wildman–Crippen LogP) is 6.63. The van der Waals surface area contributed by atoms with Crippen molar-refractivity contribution in [3.8, 4) is 0 Å². The minimum atomic E-state index is 1.06. The number of hydrogen-bond acceptors (Lipinski definition) is 0. The predicted molar refractivity (Wildman–Crippen MR) is 110 cm³/mol. The zero-order chi connectivity index (χ0) is 17.0. The van der Waals surface area contributed by atoms with E-state index in [2.05, 4.69) is 84.2 Å². The molecule has 2 heteroatoms. The highest BCUT2D eigenvalue weighted by molar-refractivity contribution is 6.32. The summed E-state index contributed by atoms with van der Waals surface area (Å²) >= 11 is 0. The van der Waals surface area contributed by atoms with Gasteiger partial charge in [-0.3, -0.25) is 0 Å². The number of rotatable bonds is 2. The van der Waals surface area contributed by atoms with Crippen molar-refractivity contribution in [2.24, 2.45) is 0 Å². The summed E-state index contributed by atoms with van der Waals surface area (Å²) in [5.41, 5.74) is 5.73. The average molecular weight is 322 g/mol.